The number of methoxy groups -OCH3 is 2. The van der Waals surface area contributed by atoms with Gasteiger partial charge in [-0.3, -0.25) is 0 Å². The quantitative estimate of drug-likeness (QED) is 0.798. The van der Waals surface area contributed by atoms with E-state index < -0.39 is 11.9 Å². The van der Waals surface area contributed by atoms with Crippen LogP contribution in [0.25, 0.3) is 0 Å². The molecule has 6 heteroatoms. The van der Waals surface area contributed by atoms with E-state index in [0.717, 1.165) is 25.7 Å². The van der Waals surface area contributed by atoms with Crippen LogP contribution >= 0.6 is 0 Å². The molecule has 1 heterocycles. The molecule has 2 rings (SSSR count). The molecule has 1 aliphatic rings. The van der Waals surface area contributed by atoms with Crippen molar-refractivity contribution in [1.82, 2.24) is 4.98 Å². The lowest BCUT2D eigenvalue weighted by Gasteiger charge is -2.36. The molecule has 0 amide bonds. The number of aromatic nitrogens is 1. The zero-order valence-corrected chi connectivity index (χ0v) is 12.9. The Hall–Kier alpha value is -1.85. The first-order chi connectivity index (χ1) is 9.90. The van der Waals surface area contributed by atoms with Crippen LogP contribution in [0.1, 0.15) is 72.4 Å². The van der Waals surface area contributed by atoms with Crippen molar-refractivity contribution in [3.8, 4) is 0 Å². The number of nitrogens with zero attached hydrogens (tertiary/aromatic N) is 1. The second-order valence-corrected chi connectivity index (χ2v) is 6.00. The Kier molecular flexibility index (Phi) is 4.34. The summed E-state index contributed by atoms with van der Waals surface area (Å²) in [4.78, 5) is 27.7. The number of rotatable bonds is 3. The van der Waals surface area contributed by atoms with Crippen LogP contribution in [0.3, 0.4) is 0 Å². The number of carbonyl (C=O) groups excluding carboxylic acids is 2. The van der Waals surface area contributed by atoms with Crippen molar-refractivity contribution >= 4 is 11.9 Å². The monoisotopic (exact) mass is 295 g/mol. The van der Waals surface area contributed by atoms with Crippen molar-refractivity contribution in [2.75, 3.05) is 14.2 Å². The van der Waals surface area contributed by atoms with Crippen molar-refractivity contribution in [3.05, 3.63) is 17.3 Å². The highest BCUT2D eigenvalue weighted by Crippen LogP contribution is 2.46. The summed E-state index contributed by atoms with van der Waals surface area (Å²) in [5.74, 6) is -1.10. The summed E-state index contributed by atoms with van der Waals surface area (Å²) in [7, 11) is 2.47. The van der Waals surface area contributed by atoms with E-state index in [0.29, 0.717) is 5.89 Å². The summed E-state index contributed by atoms with van der Waals surface area (Å²) in [5, 5.41) is 0. The zero-order valence-electron chi connectivity index (χ0n) is 12.9. The first-order valence-electron chi connectivity index (χ1n) is 7.08. The summed E-state index contributed by atoms with van der Waals surface area (Å²) in [6.45, 7) is 4.30. The largest absolute Gasteiger partial charge is 0.464 e. The molecule has 1 saturated carbocycles. The third kappa shape index (κ3) is 2.94. The average molecular weight is 295 g/mol. The summed E-state index contributed by atoms with van der Waals surface area (Å²) in [6, 6.07) is 0. The minimum atomic E-state index is -0.720. The predicted octanol–water partition coefficient (Wildman–Crippen LogP) is 2.93. The predicted molar refractivity (Wildman–Crippen MR) is 74.2 cm³/mol. The Bertz CT molecular complexity index is 513. The lowest BCUT2D eigenvalue weighted by Crippen LogP contribution is -2.26. The molecule has 0 spiro atoms. The van der Waals surface area contributed by atoms with Crippen molar-refractivity contribution in [2.24, 2.45) is 5.41 Å². The minimum Gasteiger partial charge on any atom is -0.464 e. The number of carbonyl (C=O) groups is 2. The molecule has 1 aromatic heterocycles. The van der Waals surface area contributed by atoms with Gasteiger partial charge < -0.3 is 13.9 Å². The van der Waals surface area contributed by atoms with Gasteiger partial charge in [0.15, 0.2) is 5.89 Å². The van der Waals surface area contributed by atoms with Gasteiger partial charge in [0, 0.05) is 5.92 Å². The van der Waals surface area contributed by atoms with E-state index in [1.165, 1.54) is 14.2 Å². The van der Waals surface area contributed by atoms with E-state index in [9.17, 15) is 9.59 Å². The Balaban J connectivity index is 2.43. The van der Waals surface area contributed by atoms with Gasteiger partial charge in [0.2, 0.25) is 11.5 Å². The maximum absolute atomic E-state index is 11.8. The lowest BCUT2D eigenvalue weighted by molar-refractivity contribution is 0.0523. The SMILES string of the molecule is COC(=O)c1nc(C2CCCCC2(C)C)oc1C(=O)OC. The van der Waals surface area contributed by atoms with Crippen LogP contribution in [0.2, 0.25) is 0 Å². The van der Waals surface area contributed by atoms with Gasteiger partial charge in [0.1, 0.15) is 0 Å². The van der Waals surface area contributed by atoms with Crippen LogP contribution in [0.5, 0.6) is 0 Å². The summed E-state index contributed by atoms with van der Waals surface area (Å²) in [5.41, 5.74) is -0.0927. The molecule has 1 unspecified atom stereocenters. The van der Waals surface area contributed by atoms with Gasteiger partial charge in [-0.15, -0.1) is 0 Å². The van der Waals surface area contributed by atoms with Crippen LogP contribution in [0.4, 0.5) is 0 Å². The molecule has 0 saturated heterocycles. The molecule has 1 aliphatic carbocycles. The van der Waals surface area contributed by atoms with Gasteiger partial charge in [-0.05, 0) is 18.3 Å². The maximum Gasteiger partial charge on any atom is 0.376 e. The van der Waals surface area contributed by atoms with Gasteiger partial charge >= 0.3 is 11.9 Å². The van der Waals surface area contributed by atoms with E-state index in [1.807, 2.05) is 0 Å². The molecule has 1 atom stereocenters. The molecule has 1 aromatic rings. The van der Waals surface area contributed by atoms with E-state index in [4.69, 9.17) is 4.42 Å². The van der Waals surface area contributed by atoms with E-state index >= 15 is 0 Å². The molecular formula is C15H21NO5. The summed E-state index contributed by atoms with van der Waals surface area (Å²) in [6.07, 6.45) is 4.23. The molecule has 0 N–H and O–H groups in total. The molecule has 116 valence electrons. The minimum absolute atomic E-state index is 0.0177. The normalized spacial score (nSPS) is 20.9. The van der Waals surface area contributed by atoms with Crippen molar-refractivity contribution in [2.45, 2.75) is 45.4 Å². The van der Waals surface area contributed by atoms with E-state index in [-0.39, 0.29) is 22.8 Å². The smallest absolute Gasteiger partial charge is 0.376 e. The highest BCUT2D eigenvalue weighted by Gasteiger charge is 2.39. The van der Waals surface area contributed by atoms with E-state index in [1.54, 1.807) is 0 Å². The lowest BCUT2D eigenvalue weighted by atomic mass is 9.69. The molecule has 0 aromatic carbocycles. The van der Waals surface area contributed by atoms with Crippen molar-refractivity contribution in [1.29, 1.82) is 0 Å². The fraction of sp³-hybridized carbons (Fsp3) is 0.667. The molecule has 0 bridgehead atoms. The third-order valence-electron chi connectivity index (χ3n) is 4.20. The van der Waals surface area contributed by atoms with Crippen LogP contribution in [-0.2, 0) is 9.47 Å². The molecule has 0 aliphatic heterocycles. The first-order valence-corrected chi connectivity index (χ1v) is 7.08. The summed E-state index contributed by atoms with van der Waals surface area (Å²) >= 11 is 0. The number of ether oxygens (including phenoxy) is 2. The number of esters is 2. The van der Waals surface area contributed by atoms with Gasteiger partial charge in [0.05, 0.1) is 14.2 Å². The third-order valence-corrected chi connectivity index (χ3v) is 4.20. The molecule has 0 radical (unpaired) electrons. The highest BCUT2D eigenvalue weighted by molar-refractivity contribution is 5.99. The Labute approximate surface area is 123 Å². The van der Waals surface area contributed by atoms with Gasteiger partial charge in [-0.2, -0.15) is 0 Å². The number of oxazole rings is 1. The fourth-order valence-corrected chi connectivity index (χ4v) is 2.90. The topological polar surface area (TPSA) is 78.6 Å². The van der Waals surface area contributed by atoms with Crippen molar-refractivity contribution < 1.29 is 23.5 Å². The Morgan fingerprint density at radius 1 is 1.19 bits per heavy atom. The number of hydrogen-bond acceptors (Lipinski definition) is 6. The Morgan fingerprint density at radius 3 is 2.43 bits per heavy atom. The van der Waals surface area contributed by atoms with Crippen LogP contribution in [0.15, 0.2) is 4.42 Å². The van der Waals surface area contributed by atoms with Gasteiger partial charge in [-0.25, -0.2) is 14.6 Å². The van der Waals surface area contributed by atoms with Gasteiger partial charge in [-0.1, -0.05) is 26.7 Å². The second kappa shape index (κ2) is 5.87. The Morgan fingerprint density at radius 2 is 1.86 bits per heavy atom. The standard InChI is InChI=1S/C15H21NO5/c1-15(2)8-6-5-7-9(15)12-16-10(13(17)19-3)11(21-12)14(18)20-4/h9H,5-8H2,1-4H3. The highest BCUT2D eigenvalue weighted by atomic mass is 16.5. The van der Waals surface area contributed by atoms with E-state index in [2.05, 4.69) is 28.3 Å². The molecule has 1 fully saturated rings. The van der Waals surface area contributed by atoms with Gasteiger partial charge in [0.25, 0.3) is 0 Å². The maximum atomic E-state index is 11.8. The fourth-order valence-electron chi connectivity index (χ4n) is 2.90. The molecule has 6 nitrogen and oxygen atoms in total. The molecular weight excluding hydrogens is 274 g/mol. The zero-order chi connectivity index (χ0) is 15.6. The average Bonchev–Trinajstić information content (AvgIpc) is 2.89. The van der Waals surface area contributed by atoms with Crippen LogP contribution in [0, 0.1) is 5.41 Å². The first kappa shape index (κ1) is 15.5. The number of hydrogen-bond donors (Lipinski definition) is 0. The van der Waals surface area contributed by atoms with Crippen LogP contribution in [-0.4, -0.2) is 31.1 Å². The van der Waals surface area contributed by atoms with Crippen molar-refractivity contribution in [3.63, 3.8) is 0 Å². The summed E-state index contributed by atoms with van der Waals surface area (Å²) < 4.78 is 14.9. The second-order valence-electron chi connectivity index (χ2n) is 6.00. The van der Waals surface area contributed by atoms with Crippen LogP contribution < -0.4 is 0 Å². The molecule has 21 heavy (non-hydrogen) atoms.